The number of nitrogens with two attached hydrogens (primary N) is 1. The summed E-state index contributed by atoms with van der Waals surface area (Å²) < 4.78 is 12.9. The SMILES string of the molecule is CCCCN(C)c1ncnc(Nc2ccc(F)cc2)c1N. The highest BCUT2D eigenvalue weighted by atomic mass is 19.1. The molecule has 0 aliphatic rings. The van der Waals surface area contributed by atoms with E-state index in [1.54, 1.807) is 12.1 Å². The molecular formula is C15H20FN5. The summed E-state index contributed by atoms with van der Waals surface area (Å²) >= 11 is 0. The van der Waals surface area contributed by atoms with Crippen LogP contribution < -0.4 is 16.0 Å². The van der Waals surface area contributed by atoms with Crippen LogP contribution in [0.3, 0.4) is 0 Å². The molecule has 0 fully saturated rings. The number of rotatable bonds is 6. The maximum atomic E-state index is 12.9. The van der Waals surface area contributed by atoms with E-state index in [0.717, 1.165) is 25.1 Å². The molecule has 1 aromatic heterocycles. The van der Waals surface area contributed by atoms with E-state index in [9.17, 15) is 4.39 Å². The first-order valence-corrected chi connectivity index (χ1v) is 6.96. The summed E-state index contributed by atoms with van der Waals surface area (Å²) in [4.78, 5) is 10.4. The van der Waals surface area contributed by atoms with Crippen LogP contribution in [0.2, 0.25) is 0 Å². The van der Waals surface area contributed by atoms with Gasteiger partial charge in [0, 0.05) is 19.3 Å². The summed E-state index contributed by atoms with van der Waals surface area (Å²) in [5.41, 5.74) is 7.34. The van der Waals surface area contributed by atoms with Gasteiger partial charge < -0.3 is 16.0 Å². The molecule has 0 saturated carbocycles. The first-order chi connectivity index (χ1) is 10.1. The van der Waals surface area contributed by atoms with Gasteiger partial charge in [-0.2, -0.15) is 0 Å². The van der Waals surface area contributed by atoms with E-state index in [1.165, 1.54) is 18.5 Å². The van der Waals surface area contributed by atoms with E-state index in [2.05, 4.69) is 22.2 Å². The Kier molecular flexibility index (Phi) is 4.92. The highest BCUT2D eigenvalue weighted by Gasteiger charge is 2.12. The van der Waals surface area contributed by atoms with Gasteiger partial charge in [0.05, 0.1) is 0 Å². The number of unbranched alkanes of at least 4 members (excludes halogenated alkanes) is 1. The maximum Gasteiger partial charge on any atom is 0.159 e. The number of nitrogens with zero attached hydrogens (tertiary/aromatic N) is 3. The molecule has 5 nitrogen and oxygen atoms in total. The summed E-state index contributed by atoms with van der Waals surface area (Å²) in [5, 5.41) is 3.08. The molecule has 3 N–H and O–H groups in total. The third-order valence-corrected chi connectivity index (χ3v) is 3.18. The quantitative estimate of drug-likeness (QED) is 0.855. The van der Waals surface area contributed by atoms with Crippen LogP contribution in [0.5, 0.6) is 0 Å². The van der Waals surface area contributed by atoms with Crippen LogP contribution in [0, 0.1) is 5.82 Å². The zero-order valence-electron chi connectivity index (χ0n) is 12.3. The topological polar surface area (TPSA) is 67.1 Å². The number of nitrogens with one attached hydrogen (secondary N) is 1. The number of halogens is 1. The second-order valence-corrected chi connectivity index (χ2v) is 4.87. The molecule has 6 heteroatoms. The van der Waals surface area contributed by atoms with Gasteiger partial charge in [-0.15, -0.1) is 0 Å². The lowest BCUT2D eigenvalue weighted by atomic mass is 10.3. The van der Waals surface area contributed by atoms with E-state index in [1.807, 2.05) is 11.9 Å². The highest BCUT2D eigenvalue weighted by molar-refractivity contribution is 5.78. The minimum absolute atomic E-state index is 0.281. The van der Waals surface area contributed by atoms with Gasteiger partial charge in [0.25, 0.3) is 0 Å². The number of nitrogen functional groups attached to an aromatic ring is 1. The fourth-order valence-corrected chi connectivity index (χ4v) is 1.96. The minimum atomic E-state index is -0.281. The van der Waals surface area contributed by atoms with E-state index in [-0.39, 0.29) is 5.82 Å². The summed E-state index contributed by atoms with van der Waals surface area (Å²) in [6.45, 7) is 3.02. The van der Waals surface area contributed by atoms with Crippen molar-refractivity contribution in [2.75, 3.05) is 29.5 Å². The van der Waals surface area contributed by atoms with Gasteiger partial charge in [0.1, 0.15) is 17.8 Å². The van der Waals surface area contributed by atoms with Crippen molar-refractivity contribution in [3.05, 3.63) is 36.4 Å². The van der Waals surface area contributed by atoms with E-state index in [0.29, 0.717) is 17.3 Å². The van der Waals surface area contributed by atoms with E-state index in [4.69, 9.17) is 5.73 Å². The van der Waals surface area contributed by atoms with Gasteiger partial charge in [-0.3, -0.25) is 0 Å². The van der Waals surface area contributed by atoms with Crippen LogP contribution in [-0.2, 0) is 0 Å². The smallest absolute Gasteiger partial charge is 0.159 e. The van der Waals surface area contributed by atoms with Crippen LogP contribution in [0.1, 0.15) is 19.8 Å². The standard InChI is InChI=1S/C15H20FN5/c1-3-4-9-21(2)15-13(17)14(18-10-19-15)20-12-7-5-11(16)6-8-12/h5-8,10H,3-4,9,17H2,1-2H3,(H,18,19,20). The molecule has 0 bridgehead atoms. The summed E-state index contributed by atoms with van der Waals surface area (Å²) in [6.07, 6.45) is 3.65. The summed E-state index contributed by atoms with van der Waals surface area (Å²) in [6, 6.07) is 6.04. The maximum absolute atomic E-state index is 12.9. The minimum Gasteiger partial charge on any atom is -0.393 e. The molecule has 0 unspecified atom stereocenters. The predicted octanol–water partition coefficient (Wildman–Crippen LogP) is 3.18. The Morgan fingerprint density at radius 2 is 1.95 bits per heavy atom. The van der Waals surface area contributed by atoms with Crippen LogP contribution in [0.4, 0.5) is 27.4 Å². The van der Waals surface area contributed by atoms with Crippen molar-refractivity contribution in [1.82, 2.24) is 9.97 Å². The number of aromatic nitrogens is 2. The zero-order valence-corrected chi connectivity index (χ0v) is 12.3. The van der Waals surface area contributed by atoms with Gasteiger partial charge in [0.2, 0.25) is 0 Å². The molecule has 0 saturated heterocycles. The Bertz CT molecular complexity index is 585. The lowest BCUT2D eigenvalue weighted by Gasteiger charge is -2.20. The lowest BCUT2D eigenvalue weighted by molar-refractivity contribution is 0.628. The van der Waals surface area contributed by atoms with Gasteiger partial charge in [-0.1, -0.05) is 13.3 Å². The molecular weight excluding hydrogens is 269 g/mol. The van der Waals surface area contributed by atoms with Crippen molar-refractivity contribution in [3.8, 4) is 0 Å². The summed E-state index contributed by atoms with van der Waals surface area (Å²) in [5.74, 6) is 0.939. The highest BCUT2D eigenvalue weighted by Crippen LogP contribution is 2.27. The third-order valence-electron chi connectivity index (χ3n) is 3.18. The van der Waals surface area contributed by atoms with Crippen LogP contribution >= 0.6 is 0 Å². The molecule has 0 amide bonds. The molecule has 0 radical (unpaired) electrons. The number of anilines is 4. The first kappa shape index (κ1) is 15.0. The van der Waals surface area contributed by atoms with Crippen LogP contribution in [0.25, 0.3) is 0 Å². The second-order valence-electron chi connectivity index (χ2n) is 4.87. The van der Waals surface area contributed by atoms with Crippen molar-refractivity contribution < 1.29 is 4.39 Å². The molecule has 21 heavy (non-hydrogen) atoms. The summed E-state index contributed by atoms with van der Waals surface area (Å²) in [7, 11) is 1.95. The fourth-order valence-electron chi connectivity index (χ4n) is 1.96. The van der Waals surface area contributed by atoms with Crippen molar-refractivity contribution in [2.45, 2.75) is 19.8 Å². The predicted molar refractivity (Wildman–Crippen MR) is 84.3 cm³/mol. The van der Waals surface area contributed by atoms with Crippen molar-refractivity contribution in [1.29, 1.82) is 0 Å². The lowest BCUT2D eigenvalue weighted by Crippen LogP contribution is -2.21. The Morgan fingerprint density at radius 3 is 2.62 bits per heavy atom. The average Bonchev–Trinajstić information content (AvgIpc) is 2.49. The monoisotopic (exact) mass is 289 g/mol. The Morgan fingerprint density at radius 1 is 1.24 bits per heavy atom. The number of benzene rings is 1. The van der Waals surface area contributed by atoms with E-state index < -0.39 is 0 Å². The largest absolute Gasteiger partial charge is 0.393 e. The van der Waals surface area contributed by atoms with Crippen molar-refractivity contribution >= 4 is 23.0 Å². The van der Waals surface area contributed by atoms with Crippen molar-refractivity contribution in [2.24, 2.45) is 0 Å². The fraction of sp³-hybridized carbons (Fsp3) is 0.333. The first-order valence-electron chi connectivity index (χ1n) is 6.96. The number of hydrogen-bond acceptors (Lipinski definition) is 5. The number of hydrogen-bond donors (Lipinski definition) is 2. The second kappa shape index (κ2) is 6.88. The van der Waals surface area contributed by atoms with Gasteiger partial charge >= 0.3 is 0 Å². The van der Waals surface area contributed by atoms with Gasteiger partial charge in [-0.25, -0.2) is 14.4 Å². The van der Waals surface area contributed by atoms with Gasteiger partial charge in [-0.05, 0) is 30.7 Å². The average molecular weight is 289 g/mol. The molecule has 0 spiro atoms. The van der Waals surface area contributed by atoms with E-state index >= 15 is 0 Å². The third kappa shape index (κ3) is 3.81. The molecule has 1 heterocycles. The normalized spacial score (nSPS) is 10.4. The Hall–Kier alpha value is -2.37. The molecule has 1 aromatic carbocycles. The van der Waals surface area contributed by atoms with Crippen LogP contribution in [0.15, 0.2) is 30.6 Å². The van der Waals surface area contributed by atoms with Crippen molar-refractivity contribution in [3.63, 3.8) is 0 Å². The Labute approximate surface area is 124 Å². The molecule has 112 valence electrons. The molecule has 0 atom stereocenters. The zero-order chi connectivity index (χ0) is 15.2. The van der Waals surface area contributed by atoms with Crippen LogP contribution in [-0.4, -0.2) is 23.6 Å². The molecule has 2 rings (SSSR count). The molecule has 2 aromatic rings. The Balaban J connectivity index is 2.19. The van der Waals surface area contributed by atoms with Gasteiger partial charge in [0.15, 0.2) is 11.6 Å². The molecule has 0 aliphatic heterocycles. The molecule has 0 aliphatic carbocycles.